The molecule has 38 heavy (non-hydrogen) atoms. The van der Waals surface area contributed by atoms with Crippen LogP contribution < -0.4 is 5.32 Å². The highest BCUT2D eigenvalue weighted by Gasteiger charge is 2.67. The summed E-state index contributed by atoms with van der Waals surface area (Å²) in [5, 5.41) is 6.35. The van der Waals surface area contributed by atoms with Crippen LogP contribution in [0, 0.1) is 17.6 Å². The molecule has 3 aromatic heterocycles. The minimum absolute atomic E-state index is 0.0955. The van der Waals surface area contributed by atoms with Gasteiger partial charge in [0.05, 0.1) is 22.8 Å². The van der Waals surface area contributed by atoms with Gasteiger partial charge in [-0.2, -0.15) is 13.9 Å². The van der Waals surface area contributed by atoms with Crippen molar-refractivity contribution in [3.63, 3.8) is 0 Å². The van der Waals surface area contributed by atoms with E-state index < -0.39 is 65.7 Å². The molecule has 2 N–H and O–H groups in total. The van der Waals surface area contributed by atoms with Crippen LogP contribution in [0.5, 0.6) is 0 Å². The van der Waals surface area contributed by atoms with Crippen LogP contribution in [-0.2, 0) is 23.7 Å². The van der Waals surface area contributed by atoms with Crippen molar-refractivity contribution in [2.24, 2.45) is 5.92 Å². The number of fused-ring (bicyclic) bond motifs is 4. The lowest BCUT2D eigenvalue weighted by Gasteiger charge is -2.21. The molecule has 6 rings (SSSR count). The fraction of sp³-hybridized carbons (Fsp3) is 0.320. The van der Waals surface area contributed by atoms with E-state index in [4.69, 9.17) is 0 Å². The van der Waals surface area contributed by atoms with E-state index >= 15 is 0 Å². The molecule has 2 aliphatic carbocycles. The maximum Gasteiger partial charge on any atom is 0.293 e. The number of amides is 1. The summed E-state index contributed by atoms with van der Waals surface area (Å²) < 4.78 is 85.9. The first-order valence-electron chi connectivity index (χ1n) is 11.7. The van der Waals surface area contributed by atoms with E-state index in [1.54, 1.807) is 18.3 Å². The van der Waals surface area contributed by atoms with Gasteiger partial charge in [-0.25, -0.2) is 22.5 Å². The Labute approximate surface area is 219 Å². The number of hydrogen-bond acceptors (Lipinski definition) is 3. The maximum absolute atomic E-state index is 14.9. The Morgan fingerprint density at radius 2 is 1.92 bits per heavy atom. The highest BCUT2D eigenvalue weighted by molar-refractivity contribution is 9.10. The third kappa shape index (κ3) is 4.16. The zero-order chi connectivity index (χ0) is 26.9. The molecule has 0 saturated heterocycles. The fourth-order valence-electron chi connectivity index (χ4n) is 5.35. The zero-order valence-corrected chi connectivity index (χ0v) is 20.9. The minimum atomic E-state index is -3.37. The summed E-state index contributed by atoms with van der Waals surface area (Å²) in [5.41, 5.74) is 0.223. The van der Waals surface area contributed by atoms with Gasteiger partial charge in [-0.3, -0.25) is 9.48 Å². The van der Waals surface area contributed by atoms with Crippen molar-refractivity contribution in [1.82, 2.24) is 25.1 Å². The molecule has 0 aliphatic heterocycles. The number of hydrogen-bond donors (Lipinski definition) is 2. The summed E-state index contributed by atoms with van der Waals surface area (Å²) in [7, 11) is 0. The summed E-state index contributed by atoms with van der Waals surface area (Å²) in [6, 6.07) is 5.37. The van der Waals surface area contributed by atoms with Crippen LogP contribution in [0.25, 0.3) is 11.0 Å². The second-order valence-electron chi connectivity index (χ2n) is 9.55. The smallest absolute Gasteiger partial charge is 0.293 e. The molecule has 6 nitrogen and oxygen atoms in total. The number of rotatable bonds is 7. The van der Waals surface area contributed by atoms with Gasteiger partial charge >= 0.3 is 0 Å². The average molecular weight is 598 g/mol. The van der Waals surface area contributed by atoms with Crippen molar-refractivity contribution in [1.29, 1.82) is 0 Å². The number of aromatic nitrogens is 4. The van der Waals surface area contributed by atoms with Gasteiger partial charge in [-0.05, 0) is 64.5 Å². The Kier molecular flexibility index (Phi) is 5.82. The van der Waals surface area contributed by atoms with Gasteiger partial charge < -0.3 is 10.3 Å². The third-order valence-electron chi connectivity index (χ3n) is 7.00. The van der Waals surface area contributed by atoms with Crippen LogP contribution in [0.3, 0.4) is 0 Å². The Morgan fingerprint density at radius 3 is 2.63 bits per heavy atom. The predicted molar refractivity (Wildman–Crippen MR) is 127 cm³/mol. The van der Waals surface area contributed by atoms with E-state index in [2.05, 4.69) is 36.3 Å². The minimum Gasteiger partial charge on any atom is -0.360 e. The molecule has 1 amide bonds. The van der Waals surface area contributed by atoms with Crippen LogP contribution in [0.2, 0.25) is 0 Å². The number of aromatic amines is 1. The Bertz CT molecular complexity index is 1560. The predicted octanol–water partition coefficient (Wildman–Crippen LogP) is 6.05. The van der Waals surface area contributed by atoms with Crippen molar-refractivity contribution in [2.75, 3.05) is 0 Å². The molecule has 3 atom stereocenters. The number of nitrogens with zero attached hydrogens (tertiary/aromatic N) is 3. The normalized spacial score (nSPS) is 20.0. The molecule has 0 spiro atoms. The molecule has 0 radical (unpaired) electrons. The van der Waals surface area contributed by atoms with Gasteiger partial charge in [0, 0.05) is 28.2 Å². The van der Waals surface area contributed by atoms with E-state index in [-0.39, 0.29) is 24.0 Å². The highest BCUT2D eigenvalue weighted by Crippen LogP contribution is 2.68. The van der Waals surface area contributed by atoms with Crippen molar-refractivity contribution < 1.29 is 31.1 Å². The number of halogens is 7. The Balaban J connectivity index is 1.33. The molecular formula is C25H18BrF6N5O. The van der Waals surface area contributed by atoms with Gasteiger partial charge in [-0.15, -0.1) is 0 Å². The molecule has 0 bridgehead atoms. The number of carbonyl (C=O) groups is 1. The molecule has 4 aromatic rings. The lowest BCUT2D eigenvalue weighted by Crippen LogP contribution is -2.35. The summed E-state index contributed by atoms with van der Waals surface area (Å²) in [6.07, 6.45) is -1.40. The van der Waals surface area contributed by atoms with E-state index in [1.165, 1.54) is 0 Å². The number of benzene rings is 1. The van der Waals surface area contributed by atoms with Crippen LogP contribution in [0.15, 0.2) is 41.0 Å². The van der Waals surface area contributed by atoms with Gasteiger partial charge in [0.1, 0.15) is 29.6 Å². The SMILES string of the molecule is O=C(Cn1nc(C(F)F)c2c1C(F)(F)[C@@H]1C[C@H]21)N[C@@H](Cc1cc(F)cc(F)c1)c1nc2cc[nH]c2cc1Br. The molecule has 13 heteroatoms. The lowest BCUT2D eigenvalue weighted by molar-refractivity contribution is -0.123. The maximum atomic E-state index is 14.9. The van der Waals surface area contributed by atoms with Crippen molar-refractivity contribution in [2.45, 2.75) is 43.7 Å². The molecule has 1 aromatic carbocycles. The molecule has 3 heterocycles. The Hall–Kier alpha value is -3.35. The summed E-state index contributed by atoms with van der Waals surface area (Å²) in [4.78, 5) is 20.7. The van der Waals surface area contributed by atoms with E-state index in [1.807, 2.05) is 0 Å². The van der Waals surface area contributed by atoms with E-state index in [0.29, 0.717) is 31.9 Å². The number of nitrogens with one attached hydrogen (secondary N) is 2. The number of carbonyl (C=O) groups excluding carboxylic acids is 1. The zero-order valence-electron chi connectivity index (χ0n) is 19.3. The van der Waals surface area contributed by atoms with E-state index in [9.17, 15) is 31.1 Å². The highest BCUT2D eigenvalue weighted by atomic mass is 79.9. The molecular weight excluding hydrogens is 580 g/mol. The lowest BCUT2D eigenvalue weighted by atomic mass is 10.0. The van der Waals surface area contributed by atoms with E-state index in [0.717, 1.165) is 12.1 Å². The largest absolute Gasteiger partial charge is 0.360 e. The van der Waals surface area contributed by atoms with Crippen LogP contribution in [0.4, 0.5) is 26.3 Å². The standard InChI is InChI=1S/C25H18BrF6N5O/c26-15-8-17-16(1-2-33-17)35-21(15)18(5-10-3-11(27)6-12(28)4-10)34-19(38)9-37-23-20(22(36-37)24(29)30)13-7-14(13)25(23,31)32/h1-4,6,8,13-14,18,24,33H,5,7,9H2,(H,34,38)/t13-,14+,18-/m0/s1. The van der Waals surface area contributed by atoms with Crippen molar-refractivity contribution >= 4 is 32.9 Å². The number of pyridine rings is 1. The summed E-state index contributed by atoms with van der Waals surface area (Å²) >= 11 is 3.41. The average Bonchev–Trinajstić information content (AvgIpc) is 3.24. The van der Waals surface area contributed by atoms with Crippen LogP contribution >= 0.6 is 15.9 Å². The third-order valence-corrected chi connectivity index (χ3v) is 7.64. The topological polar surface area (TPSA) is 75.6 Å². The molecule has 2 aliphatic rings. The second kappa shape index (κ2) is 8.85. The number of H-pyrrole nitrogens is 1. The molecule has 1 fully saturated rings. The fourth-order valence-corrected chi connectivity index (χ4v) is 5.94. The molecule has 198 valence electrons. The Morgan fingerprint density at radius 1 is 1.18 bits per heavy atom. The monoisotopic (exact) mass is 597 g/mol. The summed E-state index contributed by atoms with van der Waals surface area (Å²) in [5.74, 6) is -7.56. The quantitative estimate of drug-likeness (QED) is 0.255. The number of alkyl halides is 4. The van der Waals surface area contributed by atoms with Gasteiger partial charge in [0.25, 0.3) is 12.3 Å². The first-order valence-corrected chi connectivity index (χ1v) is 12.5. The molecule has 0 unspecified atom stereocenters. The van der Waals surface area contributed by atoms with Gasteiger partial charge in [0.15, 0.2) is 0 Å². The van der Waals surface area contributed by atoms with Crippen LogP contribution in [-0.4, -0.2) is 25.7 Å². The molecule has 1 saturated carbocycles. The van der Waals surface area contributed by atoms with Crippen molar-refractivity contribution in [3.8, 4) is 0 Å². The first-order chi connectivity index (χ1) is 18.0. The van der Waals surface area contributed by atoms with Gasteiger partial charge in [0.2, 0.25) is 5.91 Å². The summed E-state index contributed by atoms with van der Waals surface area (Å²) in [6.45, 7) is -0.748. The van der Waals surface area contributed by atoms with Crippen LogP contribution in [0.1, 0.15) is 53.0 Å². The van der Waals surface area contributed by atoms with Gasteiger partial charge in [-0.1, -0.05) is 0 Å². The first kappa shape index (κ1) is 25.0. The van der Waals surface area contributed by atoms with Crippen molar-refractivity contribution in [3.05, 3.63) is 80.8 Å². The second-order valence-corrected chi connectivity index (χ2v) is 10.4.